The molecule has 5 aromatic rings. The molecule has 0 unspecified atom stereocenters. The minimum absolute atomic E-state index is 0.0220. The van der Waals surface area contributed by atoms with Crippen LogP contribution in [0.2, 0.25) is 0 Å². The van der Waals surface area contributed by atoms with Gasteiger partial charge in [-0.3, -0.25) is 9.59 Å². The van der Waals surface area contributed by atoms with E-state index in [9.17, 15) is 9.59 Å². The van der Waals surface area contributed by atoms with E-state index in [4.69, 9.17) is 10.2 Å². The van der Waals surface area contributed by atoms with Crippen molar-refractivity contribution in [2.75, 3.05) is 5.73 Å². The zero-order valence-corrected chi connectivity index (χ0v) is 18.0. The van der Waals surface area contributed by atoms with Crippen LogP contribution in [0, 0.1) is 13.8 Å². The summed E-state index contributed by atoms with van der Waals surface area (Å²) in [6, 6.07) is 27.5. The Morgan fingerprint density at radius 2 is 1.25 bits per heavy atom. The molecule has 0 saturated carbocycles. The lowest BCUT2D eigenvalue weighted by atomic mass is 9.97. The van der Waals surface area contributed by atoms with Gasteiger partial charge in [0.1, 0.15) is 11.2 Å². The molecule has 0 saturated heterocycles. The Morgan fingerprint density at radius 3 is 1.84 bits per heavy atom. The highest BCUT2D eigenvalue weighted by atomic mass is 16.3. The van der Waals surface area contributed by atoms with Crippen molar-refractivity contribution in [3.8, 4) is 0 Å². The summed E-state index contributed by atoms with van der Waals surface area (Å²) in [4.78, 5) is 24.3. The highest BCUT2D eigenvalue weighted by Crippen LogP contribution is 2.23. The van der Waals surface area contributed by atoms with Crippen molar-refractivity contribution in [1.82, 2.24) is 0 Å². The van der Waals surface area contributed by atoms with E-state index in [1.54, 1.807) is 30.3 Å². The molecule has 1 heterocycles. The third-order valence-corrected chi connectivity index (χ3v) is 5.55. The highest BCUT2D eigenvalue weighted by Gasteiger charge is 2.13. The molecule has 2 N–H and O–H groups in total. The number of aryl methyl sites for hydroxylation is 1. The molecule has 0 spiro atoms. The van der Waals surface area contributed by atoms with Crippen LogP contribution < -0.4 is 11.2 Å². The summed E-state index contributed by atoms with van der Waals surface area (Å²) in [5.41, 5.74) is 11.2. The van der Waals surface area contributed by atoms with Crippen molar-refractivity contribution in [3.05, 3.63) is 123 Å². The molecule has 4 aromatic carbocycles. The number of nitrogen functional groups attached to an aromatic ring is 1. The molecule has 0 amide bonds. The third-order valence-electron chi connectivity index (χ3n) is 5.55. The Morgan fingerprint density at radius 1 is 0.719 bits per heavy atom. The summed E-state index contributed by atoms with van der Waals surface area (Å²) in [5, 5.41) is 1.27. The van der Waals surface area contributed by atoms with Crippen molar-refractivity contribution in [3.63, 3.8) is 0 Å². The van der Waals surface area contributed by atoms with Gasteiger partial charge in [0.05, 0.1) is 10.8 Å². The van der Waals surface area contributed by atoms with Crippen LogP contribution in [-0.2, 0) is 0 Å². The van der Waals surface area contributed by atoms with Gasteiger partial charge in [-0.05, 0) is 55.3 Å². The minimum Gasteiger partial charge on any atom is -0.456 e. The number of hydrogen-bond donors (Lipinski definition) is 1. The highest BCUT2D eigenvalue weighted by molar-refractivity contribution is 6.12. The lowest BCUT2D eigenvalue weighted by Gasteiger charge is -2.10. The summed E-state index contributed by atoms with van der Waals surface area (Å²) in [5.74, 6) is -0.0220. The first-order valence-corrected chi connectivity index (χ1v) is 10.3. The lowest BCUT2D eigenvalue weighted by molar-refractivity contribution is 0.103. The van der Waals surface area contributed by atoms with Gasteiger partial charge in [0.15, 0.2) is 5.78 Å². The zero-order chi connectivity index (χ0) is 22.7. The van der Waals surface area contributed by atoms with E-state index in [0.29, 0.717) is 38.8 Å². The molecule has 0 aliphatic carbocycles. The van der Waals surface area contributed by atoms with Crippen molar-refractivity contribution in [2.45, 2.75) is 13.8 Å². The van der Waals surface area contributed by atoms with Gasteiger partial charge in [0.2, 0.25) is 5.43 Å². The van der Waals surface area contributed by atoms with Crippen LogP contribution in [-0.4, -0.2) is 5.78 Å². The summed E-state index contributed by atoms with van der Waals surface area (Å²) in [6.45, 7) is 3.93. The molecule has 0 aliphatic rings. The second kappa shape index (κ2) is 8.90. The molecule has 5 rings (SSSR count). The Balaban J connectivity index is 0.000000154. The summed E-state index contributed by atoms with van der Waals surface area (Å²) < 4.78 is 5.63. The van der Waals surface area contributed by atoms with E-state index in [-0.39, 0.29) is 11.2 Å². The van der Waals surface area contributed by atoms with Crippen LogP contribution in [0.15, 0.2) is 100 Å². The average molecular weight is 421 g/mol. The van der Waals surface area contributed by atoms with Gasteiger partial charge in [0.25, 0.3) is 0 Å². The summed E-state index contributed by atoms with van der Waals surface area (Å²) >= 11 is 0. The number of carbonyl (C=O) groups excluding carboxylic acids is 1. The second-order valence-corrected chi connectivity index (χ2v) is 7.59. The molecule has 0 bridgehead atoms. The Labute approximate surface area is 185 Å². The molecule has 1 aromatic heterocycles. The first-order chi connectivity index (χ1) is 15.5. The quantitative estimate of drug-likeness (QED) is 0.213. The predicted octanol–water partition coefficient (Wildman–Crippen LogP) is 6.06. The molecule has 0 aliphatic heterocycles. The van der Waals surface area contributed by atoms with Gasteiger partial charge in [-0.1, -0.05) is 60.7 Å². The number of para-hydroxylation sites is 2. The molecule has 32 heavy (non-hydrogen) atoms. The van der Waals surface area contributed by atoms with E-state index in [2.05, 4.69) is 0 Å². The molecule has 0 atom stereocenters. The molecule has 158 valence electrons. The van der Waals surface area contributed by atoms with Gasteiger partial charge in [0, 0.05) is 16.8 Å². The number of carbonyl (C=O) groups is 1. The van der Waals surface area contributed by atoms with E-state index in [0.717, 1.165) is 11.1 Å². The van der Waals surface area contributed by atoms with Crippen molar-refractivity contribution < 1.29 is 9.21 Å². The largest absolute Gasteiger partial charge is 0.456 e. The zero-order valence-electron chi connectivity index (χ0n) is 18.0. The van der Waals surface area contributed by atoms with E-state index >= 15 is 0 Å². The van der Waals surface area contributed by atoms with Crippen molar-refractivity contribution >= 4 is 33.4 Å². The standard InChI is InChI=1S/C15H15NO.C13H8O2/c1-10-8-9-13(14(16)11(10)2)15(17)12-6-4-3-5-7-12;14-13-9-5-1-3-7-11(9)15-12-8-4-2-6-10(12)13/h3-9H,16H2,1-2H3;1-8H. The molecule has 4 heteroatoms. The molecular weight excluding hydrogens is 398 g/mol. The van der Waals surface area contributed by atoms with E-state index < -0.39 is 0 Å². The summed E-state index contributed by atoms with van der Waals surface area (Å²) in [6.07, 6.45) is 0. The number of hydrogen-bond acceptors (Lipinski definition) is 4. The maximum absolute atomic E-state index is 12.3. The Kier molecular flexibility index (Phi) is 5.86. The van der Waals surface area contributed by atoms with Crippen molar-refractivity contribution in [2.24, 2.45) is 0 Å². The van der Waals surface area contributed by atoms with E-state index in [1.807, 2.05) is 74.5 Å². The average Bonchev–Trinajstić information content (AvgIpc) is 2.83. The van der Waals surface area contributed by atoms with Gasteiger partial charge in [-0.25, -0.2) is 0 Å². The van der Waals surface area contributed by atoms with Crippen molar-refractivity contribution in [1.29, 1.82) is 0 Å². The first-order valence-electron chi connectivity index (χ1n) is 10.3. The van der Waals surface area contributed by atoms with Crippen LogP contribution >= 0.6 is 0 Å². The smallest absolute Gasteiger partial charge is 0.200 e. The van der Waals surface area contributed by atoms with E-state index in [1.165, 1.54) is 0 Å². The normalized spacial score (nSPS) is 10.6. The summed E-state index contributed by atoms with van der Waals surface area (Å²) in [7, 11) is 0. The maximum atomic E-state index is 12.3. The number of nitrogens with two attached hydrogens (primary N) is 1. The number of rotatable bonds is 2. The lowest BCUT2D eigenvalue weighted by Crippen LogP contribution is -2.07. The fraction of sp³-hybridized carbons (Fsp3) is 0.0714. The van der Waals surface area contributed by atoms with Crippen LogP contribution in [0.25, 0.3) is 21.9 Å². The SMILES string of the molecule is Cc1ccc(C(=O)c2ccccc2)c(N)c1C.O=c1c2ccccc2oc2ccccc12. The monoisotopic (exact) mass is 421 g/mol. The molecular formula is C28H23NO3. The second-order valence-electron chi connectivity index (χ2n) is 7.59. The minimum atomic E-state index is -0.0220. The predicted molar refractivity (Wildman–Crippen MR) is 130 cm³/mol. The van der Waals surface area contributed by atoms with Gasteiger partial charge in [-0.15, -0.1) is 0 Å². The number of anilines is 1. The van der Waals surface area contributed by atoms with Gasteiger partial charge in [-0.2, -0.15) is 0 Å². The first kappa shape index (κ1) is 21.1. The fourth-order valence-electron chi connectivity index (χ4n) is 3.53. The van der Waals surface area contributed by atoms with Crippen LogP contribution in [0.1, 0.15) is 27.0 Å². The van der Waals surface area contributed by atoms with Gasteiger partial charge < -0.3 is 10.2 Å². The Bertz CT molecular complexity index is 1430. The number of benzene rings is 4. The number of fused-ring (bicyclic) bond motifs is 2. The van der Waals surface area contributed by atoms with Gasteiger partial charge >= 0.3 is 0 Å². The third kappa shape index (κ3) is 4.03. The maximum Gasteiger partial charge on any atom is 0.200 e. The Hall–Kier alpha value is -4.18. The topological polar surface area (TPSA) is 73.3 Å². The van der Waals surface area contributed by atoms with Crippen LogP contribution in [0.3, 0.4) is 0 Å². The van der Waals surface area contributed by atoms with Crippen LogP contribution in [0.5, 0.6) is 0 Å². The number of ketones is 1. The van der Waals surface area contributed by atoms with Crippen LogP contribution in [0.4, 0.5) is 5.69 Å². The fourth-order valence-corrected chi connectivity index (χ4v) is 3.53. The molecule has 4 nitrogen and oxygen atoms in total. The molecule has 0 fully saturated rings. The molecule has 0 radical (unpaired) electrons.